The summed E-state index contributed by atoms with van der Waals surface area (Å²) in [6.45, 7) is 5.20. The van der Waals surface area contributed by atoms with Gasteiger partial charge in [0.25, 0.3) is 5.91 Å². The van der Waals surface area contributed by atoms with Gasteiger partial charge in [0.2, 0.25) is 5.91 Å². The molecule has 31 heavy (non-hydrogen) atoms. The molecule has 0 spiro atoms. The number of nitrogens with one attached hydrogen (secondary N) is 1. The van der Waals surface area contributed by atoms with E-state index in [1.54, 1.807) is 29.6 Å². The van der Waals surface area contributed by atoms with Crippen LogP contribution in [-0.2, 0) is 9.59 Å². The molecule has 2 aromatic carbocycles. The molecule has 3 aromatic rings. The molecule has 0 aliphatic carbocycles. The first-order valence-electron chi connectivity index (χ1n) is 9.31. The second-order valence-electron chi connectivity index (χ2n) is 6.78. The lowest BCUT2D eigenvalue weighted by molar-refractivity contribution is -0.116. The third kappa shape index (κ3) is 5.18. The van der Waals surface area contributed by atoms with Crippen LogP contribution in [0.25, 0.3) is 6.08 Å². The summed E-state index contributed by atoms with van der Waals surface area (Å²) < 4.78 is 0. The number of para-hydroxylation sites is 1. The summed E-state index contributed by atoms with van der Waals surface area (Å²) >= 11 is 7.28. The van der Waals surface area contributed by atoms with Crippen molar-refractivity contribution in [2.45, 2.75) is 20.8 Å². The molecule has 0 bridgehead atoms. The lowest BCUT2D eigenvalue weighted by atomic mass is 10.1. The zero-order valence-electron chi connectivity index (χ0n) is 17.1. The van der Waals surface area contributed by atoms with Crippen LogP contribution in [0.1, 0.15) is 23.7 Å². The van der Waals surface area contributed by atoms with Gasteiger partial charge in [-0.05, 0) is 49.2 Å². The van der Waals surface area contributed by atoms with Gasteiger partial charge in [0.15, 0.2) is 5.13 Å². The quantitative estimate of drug-likeness (QED) is 0.402. The van der Waals surface area contributed by atoms with E-state index in [0.29, 0.717) is 27.2 Å². The average molecular weight is 451 g/mol. The van der Waals surface area contributed by atoms with E-state index in [1.807, 2.05) is 38.1 Å². The van der Waals surface area contributed by atoms with Gasteiger partial charge in [0, 0.05) is 23.0 Å². The first-order chi connectivity index (χ1) is 14.8. The molecule has 6 nitrogen and oxygen atoms in total. The van der Waals surface area contributed by atoms with E-state index in [9.17, 15) is 14.9 Å². The fourth-order valence-corrected chi connectivity index (χ4v) is 4.01. The second-order valence-corrected chi connectivity index (χ2v) is 8.05. The van der Waals surface area contributed by atoms with Crippen LogP contribution in [0.4, 0.5) is 16.5 Å². The van der Waals surface area contributed by atoms with Crippen molar-refractivity contribution < 1.29 is 9.59 Å². The minimum atomic E-state index is -0.521. The van der Waals surface area contributed by atoms with Crippen LogP contribution in [-0.4, -0.2) is 16.8 Å². The van der Waals surface area contributed by atoms with Gasteiger partial charge < -0.3 is 5.32 Å². The van der Waals surface area contributed by atoms with E-state index in [2.05, 4.69) is 10.3 Å². The summed E-state index contributed by atoms with van der Waals surface area (Å²) in [7, 11) is 0. The SMILES string of the molecule is CC(=O)N(c1cccc(Cl)c1)c1nc(/C=C(\C#N)C(=O)Nc2c(C)cccc2C)cs1. The maximum absolute atomic E-state index is 12.7. The highest BCUT2D eigenvalue weighted by molar-refractivity contribution is 7.14. The molecular formula is C23H19ClN4O2S. The highest BCUT2D eigenvalue weighted by Crippen LogP contribution is 2.31. The molecule has 0 radical (unpaired) electrons. The van der Waals surface area contributed by atoms with Crippen LogP contribution >= 0.6 is 22.9 Å². The van der Waals surface area contributed by atoms with E-state index in [0.717, 1.165) is 11.1 Å². The molecule has 0 saturated carbocycles. The van der Waals surface area contributed by atoms with E-state index < -0.39 is 5.91 Å². The smallest absolute Gasteiger partial charge is 0.266 e. The standard InChI is InChI=1S/C23H19ClN4O2S/c1-14-6-4-7-15(2)21(14)27-22(30)17(12-25)10-19-13-31-23(26-19)28(16(3)29)20-9-5-8-18(24)11-20/h4-11,13H,1-3H3,(H,27,30)/b17-10+. The second kappa shape index (κ2) is 9.56. The predicted molar refractivity (Wildman–Crippen MR) is 125 cm³/mol. The van der Waals surface area contributed by atoms with Gasteiger partial charge in [-0.3, -0.25) is 14.5 Å². The Bertz CT molecular complexity index is 1210. The van der Waals surface area contributed by atoms with Gasteiger partial charge in [-0.25, -0.2) is 4.98 Å². The molecule has 0 atom stereocenters. The van der Waals surface area contributed by atoms with Crippen LogP contribution in [0.3, 0.4) is 0 Å². The highest BCUT2D eigenvalue weighted by atomic mass is 35.5. The Balaban J connectivity index is 1.88. The maximum atomic E-state index is 12.7. The van der Waals surface area contributed by atoms with Crippen LogP contribution in [0, 0.1) is 25.2 Å². The van der Waals surface area contributed by atoms with Gasteiger partial charge >= 0.3 is 0 Å². The summed E-state index contributed by atoms with van der Waals surface area (Å²) in [4.78, 5) is 30.7. The number of thiazole rings is 1. The molecule has 0 fully saturated rings. The number of benzene rings is 2. The molecule has 156 valence electrons. The first-order valence-corrected chi connectivity index (χ1v) is 10.6. The van der Waals surface area contributed by atoms with Crippen LogP contribution in [0.5, 0.6) is 0 Å². The molecule has 2 amide bonds. The number of nitrogens with zero attached hydrogens (tertiary/aromatic N) is 3. The zero-order chi connectivity index (χ0) is 22.5. The minimum Gasteiger partial charge on any atom is -0.321 e. The van der Waals surface area contributed by atoms with Gasteiger partial charge in [-0.1, -0.05) is 35.9 Å². The largest absolute Gasteiger partial charge is 0.321 e. The lowest BCUT2D eigenvalue weighted by Crippen LogP contribution is -2.22. The van der Waals surface area contributed by atoms with E-state index >= 15 is 0 Å². The Morgan fingerprint density at radius 3 is 2.48 bits per heavy atom. The van der Waals surface area contributed by atoms with E-state index in [-0.39, 0.29) is 11.5 Å². The van der Waals surface area contributed by atoms with E-state index in [4.69, 9.17) is 11.6 Å². The van der Waals surface area contributed by atoms with Crippen LogP contribution in [0.15, 0.2) is 53.4 Å². The molecule has 1 N–H and O–H groups in total. The van der Waals surface area contributed by atoms with Crippen molar-refractivity contribution in [3.63, 3.8) is 0 Å². The normalized spacial score (nSPS) is 11.0. The number of amides is 2. The monoisotopic (exact) mass is 450 g/mol. The van der Waals surface area contributed by atoms with Crippen molar-refractivity contribution in [2.75, 3.05) is 10.2 Å². The number of anilines is 3. The highest BCUT2D eigenvalue weighted by Gasteiger charge is 2.19. The Morgan fingerprint density at radius 1 is 1.19 bits per heavy atom. The van der Waals surface area contributed by atoms with Crippen LogP contribution < -0.4 is 10.2 Å². The van der Waals surface area contributed by atoms with Crippen molar-refractivity contribution in [2.24, 2.45) is 0 Å². The van der Waals surface area contributed by atoms with Gasteiger partial charge in [0.1, 0.15) is 11.6 Å². The molecule has 8 heteroatoms. The molecule has 0 saturated heterocycles. The third-order valence-corrected chi connectivity index (χ3v) is 5.54. The molecule has 3 rings (SSSR count). The van der Waals surface area contributed by atoms with Crippen molar-refractivity contribution in [3.8, 4) is 6.07 Å². The van der Waals surface area contributed by atoms with Crippen molar-refractivity contribution in [3.05, 3.63) is 75.3 Å². The topological polar surface area (TPSA) is 86.1 Å². The number of nitriles is 1. The Hall–Kier alpha value is -3.47. The number of carbonyl (C=O) groups excluding carboxylic acids is 2. The number of rotatable bonds is 5. The Labute approximate surface area is 189 Å². The van der Waals surface area contributed by atoms with Gasteiger partial charge in [-0.15, -0.1) is 11.3 Å². The van der Waals surface area contributed by atoms with Crippen molar-refractivity contribution in [1.29, 1.82) is 5.26 Å². The third-order valence-electron chi connectivity index (χ3n) is 4.46. The first kappa shape index (κ1) is 22.2. The van der Waals surface area contributed by atoms with Crippen molar-refractivity contribution >= 4 is 57.3 Å². The number of carbonyl (C=O) groups is 2. The maximum Gasteiger partial charge on any atom is 0.266 e. The number of aromatic nitrogens is 1. The van der Waals surface area contributed by atoms with E-state index in [1.165, 1.54) is 29.2 Å². The summed E-state index contributed by atoms with van der Waals surface area (Å²) in [6.07, 6.45) is 1.40. The summed E-state index contributed by atoms with van der Waals surface area (Å²) in [5.41, 5.74) is 3.38. The molecule has 0 unspecified atom stereocenters. The van der Waals surface area contributed by atoms with Crippen LogP contribution in [0.2, 0.25) is 5.02 Å². The number of aryl methyl sites for hydroxylation is 2. The molecule has 1 heterocycles. The molecular weight excluding hydrogens is 432 g/mol. The fraction of sp³-hybridized carbons (Fsp3) is 0.130. The van der Waals surface area contributed by atoms with Crippen molar-refractivity contribution in [1.82, 2.24) is 4.98 Å². The zero-order valence-corrected chi connectivity index (χ0v) is 18.7. The summed E-state index contributed by atoms with van der Waals surface area (Å²) in [5.74, 6) is -0.756. The number of hydrogen-bond acceptors (Lipinski definition) is 5. The Kier molecular flexibility index (Phi) is 6.85. The predicted octanol–water partition coefficient (Wildman–Crippen LogP) is 5.64. The fourth-order valence-electron chi connectivity index (χ4n) is 2.98. The van der Waals surface area contributed by atoms with Gasteiger partial charge in [-0.2, -0.15) is 5.26 Å². The minimum absolute atomic E-state index is 0.0865. The lowest BCUT2D eigenvalue weighted by Gasteiger charge is -2.18. The molecule has 0 aliphatic heterocycles. The Morgan fingerprint density at radius 2 is 1.87 bits per heavy atom. The average Bonchev–Trinajstić information content (AvgIpc) is 3.16. The molecule has 1 aromatic heterocycles. The number of hydrogen-bond donors (Lipinski definition) is 1. The summed E-state index contributed by atoms with van der Waals surface area (Å²) in [5, 5.41) is 14.9. The molecule has 0 aliphatic rings. The number of halogens is 1. The summed E-state index contributed by atoms with van der Waals surface area (Å²) in [6, 6.07) is 14.5. The van der Waals surface area contributed by atoms with Gasteiger partial charge in [0.05, 0.1) is 11.4 Å².